The fourth-order valence-corrected chi connectivity index (χ4v) is 4.37. The predicted octanol–water partition coefficient (Wildman–Crippen LogP) is 2.08. The quantitative estimate of drug-likeness (QED) is 0.612. The maximum absolute atomic E-state index is 12.5. The van der Waals surface area contributed by atoms with Gasteiger partial charge in [-0.2, -0.15) is 0 Å². The molecule has 1 aliphatic rings. The lowest BCUT2D eigenvalue weighted by atomic mass is 10.1. The van der Waals surface area contributed by atoms with Crippen molar-refractivity contribution in [2.75, 3.05) is 13.2 Å². The molecule has 0 aromatic heterocycles. The zero-order valence-corrected chi connectivity index (χ0v) is 18.2. The highest BCUT2D eigenvalue weighted by molar-refractivity contribution is 7.90. The van der Waals surface area contributed by atoms with Gasteiger partial charge in [0.05, 0.1) is 17.9 Å². The van der Waals surface area contributed by atoms with Crippen LogP contribution in [0.5, 0.6) is 0 Å². The van der Waals surface area contributed by atoms with Crippen LogP contribution in [0, 0.1) is 0 Å². The Balaban J connectivity index is 1.89. The number of nitrogens with one attached hydrogen (secondary N) is 1. The second kappa shape index (κ2) is 9.87. The number of hydrogen-bond acceptors (Lipinski definition) is 6. The van der Waals surface area contributed by atoms with Gasteiger partial charge in [-0.1, -0.05) is 26.0 Å². The Hall–Kier alpha value is -2.42. The van der Waals surface area contributed by atoms with Crippen LogP contribution in [0.25, 0.3) is 0 Å². The van der Waals surface area contributed by atoms with E-state index in [0.29, 0.717) is 5.56 Å². The molecule has 1 heterocycles. The molecule has 1 aromatic carbocycles. The van der Waals surface area contributed by atoms with Crippen LogP contribution in [0.1, 0.15) is 52.5 Å². The molecule has 2 rings (SSSR count). The third-order valence-corrected chi connectivity index (χ3v) is 6.42. The predicted molar refractivity (Wildman–Crippen MR) is 110 cm³/mol. The molecule has 160 valence electrons. The number of amides is 1. The van der Waals surface area contributed by atoms with Gasteiger partial charge in [-0.3, -0.25) is 19.3 Å². The van der Waals surface area contributed by atoms with Crippen molar-refractivity contribution < 1.29 is 22.7 Å². The Morgan fingerprint density at radius 1 is 1.14 bits per heavy atom. The summed E-state index contributed by atoms with van der Waals surface area (Å²) in [5.41, 5.74) is 0.480. The lowest BCUT2D eigenvalue weighted by Crippen LogP contribution is -2.46. The molecule has 9 heteroatoms. The summed E-state index contributed by atoms with van der Waals surface area (Å²) in [6.07, 6.45) is 1.59. The molecule has 0 unspecified atom stereocenters. The Labute approximate surface area is 172 Å². The minimum atomic E-state index is -3.61. The van der Waals surface area contributed by atoms with Gasteiger partial charge in [-0.25, -0.2) is 8.42 Å². The summed E-state index contributed by atoms with van der Waals surface area (Å²) in [6, 6.07) is 6.65. The van der Waals surface area contributed by atoms with E-state index in [1.54, 1.807) is 23.1 Å². The van der Waals surface area contributed by atoms with Gasteiger partial charge in [0.2, 0.25) is 0 Å². The first-order valence-corrected chi connectivity index (χ1v) is 11.3. The molecular formula is C20H29N3O5S. The summed E-state index contributed by atoms with van der Waals surface area (Å²) >= 11 is 0. The summed E-state index contributed by atoms with van der Waals surface area (Å²) in [5, 5.41) is 0. The third kappa shape index (κ3) is 5.56. The number of ether oxygens (including phenoxy) is 1. The first-order chi connectivity index (χ1) is 13.7. The van der Waals surface area contributed by atoms with Crippen LogP contribution in [-0.2, 0) is 24.3 Å². The first-order valence-electron chi connectivity index (χ1n) is 9.84. The molecule has 0 saturated carbocycles. The molecule has 1 aromatic rings. The van der Waals surface area contributed by atoms with Crippen molar-refractivity contribution in [2.24, 2.45) is 4.99 Å². The largest absolute Gasteiger partial charge is 0.456 e. The average molecular weight is 424 g/mol. The highest BCUT2D eigenvalue weighted by atomic mass is 32.2. The van der Waals surface area contributed by atoms with E-state index < -0.39 is 16.0 Å². The molecule has 2 atom stereocenters. The Morgan fingerprint density at radius 2 is 1.76 bits per heavy atom. The average Bonchev–Trinajstić information content (AvgIpc) is 2.96. The Kier molecular flexibility index (Phi) is 7.78. The van der Waals surface area contributed by atoms with Crippen LogP contribution in [0.4, 0.5) is 0 Å². The number of aliphatic imine (C=N–C) groups is 1. The highest BCUT2D eigenvalue weighted by Gasteiger charge is 2.30. The van der Waals surface area contributed by atoms with Crippen LogP contribution >= 0.6 is 0 Å². The summed E-state index contributed by atoms with van der Waals surface area (Å²) in [6.45, 7) is 7.71. The van der Waals surface area contributed by atoms with Crippen LogP contribution in [0.3, 0.4) is 0 Å². The van der Waals surface area contributed by atoms with E-state index in [1.807, 2.05) is 27.7 Å². The molecule has 0 spiro atoms. The standard InChI is InChI=1S/C20H29N3O5S/c1-5-14(3)23(15(4)6-2)18(24)13-28-19(25)11-12-21-20-16-9-7-8-10-17(16)29(26,27)22-20/h7-10,14-15H,5-6,11-13H2,1-4H3,(H,21,22)/t14-,15-/m1/s1. The summed E-state index contributed by atoms with van der Waals surface area (Å²) in [4.78, 5) is 30.6. The van der Waals surface area contributed by atoms with Gasteiger partial charge in [-0.15, -0.1) is 0 Å². The Bertz CT molecular complexity index is 872. The number of carbonyl (C=O) groups excluding carboxylic acids is 2. The molecule has 1 amide bonds. The van der Waals surface area contributed by atoms with Crippen molar-refractivity contribution in [2.45, 2.75) is 63.9 Å². The van der Waals surface area contributed by atoms with Gasteiger partial charge < -0.3 is 9.64 Å². The zero-order valence-electron chi connectivity index (χ0n) is 17.3. The highest BCUT2D eigenvalue weighted by Crippen LogP contribution is 2.22. The maximum atomic E-state index is 12.5. The minimum Gasteiger partial charge on any atom is -0.456 e. The molecule has 1 N–H and O–H groups in total. The molecule has 8 nitrogen and oxygen atoms in total. The summed E-state index contributed by atoms with van der Waals surface area (Å²) in [7, 11) is -3.61. The van der Waals surface area contributed by atoms with Gasteiger partial charge in [0.25, 0.3) is 15.9 Å². The maximum Gasteiger partial charge on any atom is 0.308 e. The number of amidine groups is 1. The molecule has 0 radical (unpaired) electrons. The molecule has 0 fully saturated rings. The number of hydrogen-bond donors (Lipinski definition) is 1. The normalized spacial score (nSPS) is 17.9. The van der Waals surface area contributed by atoms with Crippen LogP contribution < -0.4 is 4.72 Å². The fourth-order valence-electron chi connectivity index (χ4n) is 3.12. The second-order valence-electron chi connectivity index (χ2n) is 7.06. The molecular weight excluding hydrogens is 394 g/mol. The molecule has 0 saturated heterocycles. The van der Waals surface area contributed by atoms with Gasteiger partial charge in [0.1, 0.15) is 5.84 Å². The molecule has 0 bridgehead atoms. The number of sulfonamides is 1. The van der Waals surface area contributed by atoms with Crippen molar-refractivity contribution in [3.05, 3.63) is 29.8 Å². The number of esters is 1. The van der Waals surface area contributed by atoms with Crippen LogP contribution in [0.2, 0.25) is 0 Å². The van der Waals surface area contributed by atoms with E-state index in [1.165, 1.54) is 6.07 Å². The van der Waals surface area contributed by atoms with E-state index >= 15 is 0 Å². The van der Waals surface area contributed by atoms with Gasteiger partial charge in [0.15, 0.2) is 6.61 Å². The topological polar surface area (TPSA) is 105 Å². The summed E-state index contributed by atoms with van der Waals surface area (Å²) in [5.74, 6) is -0.555. The van der Waals surface area contributed by atoms with Crippen LogP contribution in [0.15, 0.2) is 34.2 Å². The summed E-state index contributed by atoms with van der Waals surface area (Å²) < 4.78 is 31.6. The van der Waals surface area contributed by atoms with E-state index in [9.17, 15) is 18.0 Å². The van der Waals surface area contributed by atoms with Crippen LogP contribution in [-0.4, -0.2) is 56.3 Å². The number of nitrogens with zero attached hydrogens (tertiary/aromatic N) is 2. The monoisotopic (exact) mass is 423 g/mol. The Morgan fingerprint density at radius 3 is 2.38 bits per heavy atom. The van der Waals surface area contributed by atoms with Crippen molar-refractivity contribution in [1.29, 1.82) is 0 Å². The number of fused-ring (bicyclic) bond motifs is 1. The second-order valence-corrected chi connectivity index (χ2v) is 8.71. The van der Waals surface area contributed by atoms with Crippen molar-refractivity contribution >= 4 is 27.7 Å². The fraction of sp³-hybridized carbons (Fsp3) is 0.550. The number of carbonyl (C=O) groups is 2. The molecule has 1 aliphatic heterocycles. The minimum absolute atomic E-state index is 0.0483. The number of benzene rings is 1. The molecule has 29 heavy (non-hydrogen) atoms. The zero-order chi connectivity index (χ0) is 21.6. The van der Waals surface area contributed by atoms with E-state index in [4.69, 9.17) is 4.74 Å². The first kappa shape index (κ1) is 22.9. The SMILES string of the molecule is CC[C@@H](C)N(C(=O)COC(=O)CCN=C1NS(=O)(=O)c2ccccc21)[C@H](C)CC. The van der Waals surface area contributed by atoms with Crippen molar-refractivity contribution in [3.63, 3.8) is 0 Å². The molecule has 0 aliphatic carbocycles. The third-order valence-electron chi connectivity index (χ3n) is 5.02. The van der Waals surface area contributed by atoms with Gasteiger partial charge >= 0.3 is 5.97 Å². The lowest BCUT2D eigenvalue weighted by Gasteiger charge is -2.33. The van der Waals surface area contributed by atoms with Crippen molar-refractivity contribution in [1.82, 2.24) is 9.62 Å². The smallest absolute Gasteiger partial charge is 0.308 e. The van der Waals surface area contributed by atoms with E-state index in [-0.39, 0.29) is 48.3 Å². The lowest BCUT2D eigenvalue weighted by molar-refractivity contribution is -0.154. The van der Waals surface area contributed by atoms with Gasteiger partial charge in [0, 0.05) is 17.6 Å². The number of rotatable bonds is 9. The van der Waals surface area contributed by atoms with Gasteiger partial charge in [-0.05, 0) is 38.8 Å². The van der Waals surface area contributed by atoms with Crippen molar-refractivity contribution in [3.8, 4) is 0 Å². The van der Waals surface area contributed by atoms with E-state index in [2.05, 4.69) is 9.71 Å². The van der Waals surface area contributed by atoms with E-state index in [0.717, 1.165) is 12.8 Å².